The van der Waals surface area contributed by atoms with Gasteiger partial charge in [0, 0.05) is 37.3 Å². The molecule has 1 aliphatic heterocycles. The molecule has 0 amide bonds. The van der Waals surface area contributed by atoms with Crippen LogP contribution in [0.25, 0.3) is 11.0 Å². The van der Waals surface area contributed by atoms with Gasteiger partial charge >= 0.3 is 0 Å². The van der Waals surface area contributed by atoms with Gasteiger partial charge in [-0.3, -0.25) is 4.90 Å². The van der Waals surface area contributed by atoms with Gasteiger partial charge in [-0.25, -0.2) is 0 Å². The van der Waals surface area contributed by atoms with Crippen LogP contribution in [0.2, 0.25) is 0 Å². The molecule has 1 aromatic heterocycles. The molecule has 0 unspecified atom stereocenters. The highest BCUT2D eigenvalue weighted by Crippen LogP contribution is 2.29. The van der Waals surface area contributed by atoms with E-state index in [2.05, 4.69) is 66.2 Å². The van der Waals surface area contributed by atoms with Crippen LogP contribution in [0, 0.1) is 13.8 Å². The average Bonchev–Trinajstić information content (AvgIpc) is 3.24. The van der Waals surface area contributed by atoms with Crippen LogP contribution in [0.15, 0.2) is 52.9 Å². The number of anilines is 1. The number of ether oxygens (including phenoxy) is 1. The van der Waals surface area contributed by atoms with E-state index in [0.29, 0.717) is 0 Å². The van der Waals surface area contributed by atoms with Crippen LogP contribution in [0.4, 0.5) is 5.69 Å². The van der Waals surface area contributed by atoms with Gasteiger partial charge in [-0.05, 0) is 62.7 Å². The van der Waals surface area contributed by atoms with Gasteiger partial charge in [0.1, 0.15) is 11.3 Å². The molecule has 0 aliphatic carbocycles. The monoisotopic (exact) mass is 451 g/mol. The fraction of sp³-hybridized carbons (Fsp3) is 0.423. The zero-order valence-electron chi connectivity index (χ0n) is 19.3. The Balaban J connectivity index is 1.52. The lowest BCUT2D eigenvalue weighted by molar-refractivity contribution is 0.0365. The summed E-state index contributed by atoms with van der Waals surface area (Å²) < 4.78 is 11.7. The highest BCUT2D eigenvalue weighted by atomic mass is 32.1. The number of rotatable bonds is 7. The summed E-state index contributed by atoms with van der Waals surface area (Å²) in [6.45, 7) is 12.0. The maximum Gasteiger partial charge on any atom is 0.174 e. The molecule has 32 heavy (non-hydrogen) atoms. The largest absolute Gasteiger partial charge is 0.459 e. The minimum Gasteiger partial charge on any atom is -0.459 e. The normalized spacial score (nSPS) is 15.6. The maximum atomic E-state index is 6.20. The number of thiocarbonyl (C=S) groups is 1. The summed E-state index contributed by atoms with van der Waals surface area (Å²) in [4.78, 5) is 4.73. The van der Waals surface area contributed by atoms with Gasteiger partial charge in [-0.1, -0.05) is 36.4 Å². The number of furan rings is 1. The Hall–Kier alpha value is -2.41. The molecule has 5 nitrogen and oxygen atoms in total. The van der Waals surface area contributed by atoms with Gasteiger partial charge in [0.25, 0.3) is 0 Å². The number of benzene rings is 2. The fourth-order valence-corrected chi connectivity index (χ4v) is 4.66. The van der Waals surface area contributed by atoms with E-state index in [-0.39, 0.29) is 6.04 Å². The van der Waals surface area contributed by atoms with Crippen LogP contribution in [0.5, 0.6) is 0 Å². The van der Waals surface area contributed by atoms with Crippen molar-refractivity contribution in [2.24, 2.45) is 0 Å². The first-order valence-electron chi connectivity index (χ1n) is 11.5. The van der Waals surface area contributed by atoms with Crippen molar-refractivity contribution in [3.8, 4) is 0 Å². The number of nitrogens with one attached hydrogen (secondary N) is 1. The topological polar surface area (TPSA) is 40.9 Å². The summed E-state index contributed by atoms with van der Waals surface area (Å²) in [6, 6.07) is 16.6. The lowest BCUT2D eigenvalue weighted by atomic mass is 10.1. The quantitative estimate of drug-likeness (QED) is 0.476. The highest BCUT2D eigenvalue weighted by Gasteiger charge is 2.23. The van der Waals surface area contributed by atoms with Crippen LogP contribution in [0.3, 0.4) is 0 Å². The van der Waals surface area contributed by atoms with Crippen molar-refractivity contribution in [3.05, 3.63) is 65.4 Å². The number of aryl methyl sites for hydroxylation is 2. The molecule has 0 saturated carbocycles. The smallest absolute Gasteiger partial charge is 0.174 e. The van der Waals surface area contributed by atoms with Crippen molar-refractivity contribution in [2.45, 2.75) is 33.2 Å². The molecule has 1 N–H and O–H groups in total. The Morgan fingerprint density at radius 3 is 2.53 bits per heavy atom. The molecule has 1 aliphatic rings. The molecule has 170 valence electrons. The lowest BCUT2D eigenvalue weighted by Gasteiger charge is -2.33. The van der Waals surface area contributed by atoms with Crippen molar-refractivity contribution in [1.82, 2.24) is 9.80 Å². The number of nitrogens with zero attached hydrogens (tertiary/aromatic N) is 2. The summed E-state index contributed by atoms with van der Waals surface area (Å²) >= 11 is 5.94. The molecule has 1 atom stereocenters. The summed E-state index contributed by atoms with van der Waals surface area (Å²) in [5.74, 6) is 0.934. The molecule has 4 rings (SSSR count). The molecule has 1 fully saturated rings. The van der Waals surface area contributed by atoms with E-state index >= 15 is 0 Å². The zero-order valence-corrected chi connectivity index (χ0v) is 20.1. The molecular weight excluding hydrogens is 418 g/mol. The zero-order chi connectivity index (χ0) is 22.5. The van der Waals surface area contributed by atoms with E-state index in [1.807, 2.05) is 18.2 Å². The second kappa shape index (κ2) is 10.5. The Labute approximate surface area is 196 Å². The predicted molar refractivity (Wildman–Crippen MR) is 135 cm³/mol. The van der Waals surface area contributed by atoms with Crippen molar-refractivity contribution in [1.29, 1.82) is 0 Å². The van der Waals surface area contributed by atoms with E-state index in [4.69, 9.17) is 21.4 Å². The van der Waals surface area contributed by atoms with Gasteiger partial charge in [-0.2, -0.15) is 0 Å². The van der Waals surface area contributed by atoms with Crippen LogP contribution < -0.4 is 5.32 Å². The first-order valence-corrected chi connectivity index (χ1v) is 11.9. The Morgan fingerprint density at radius 2 is 1.81 bits per heavy atom. The molecule has 2 aromatic carbocycles. The van der Waals surface area contributed by atoms with Crippen LogP contribution in [-0.2, 0) is 4.74 Å². The second-order valence-corrected chi connectivity index (χ2v) is 8.95. The van der Waals surface area contributed by atoms with E-state index in [9.17, 15) is 0 Å². The summed E-state index contributed by atoms with van der Waals surface area (Å²) in [6.07, 6.45) is 1.03. The number of fused-ring (bicyclic) bond motifs is 1. The van der Waals surface area contributed by atoms with Crippen molar-refractivity contribution in [3.63, 3.8) is 0 Å². The molecule has 6 heteroatoms. The Morgan fingerprint density at radius 1 is 1.09 bits per heavy atom. The molecule has 1 saturated heterocycles. The van der Waals surface area contributed by atoms with Gasteiger partial charge in [0.15, 0.2) is 5.11 Å². The first-order chi connectivity index (χ1) is 15.5. The number of para-hydroxylation sites is 2. The molecule has 0 spiro atoms. The average molecular weight is 452 g/mol. The van der Waals surface area contributed by atoms with E-state index in [1.165, 1.54) is 11.1 Å². The second-order valence-electron chi connectivity index (χ2n) is 8.56. The van der Waals surface area contributed by atoms with E-state index < -0.39 is 0 Å². The van der Waals surface area contributed by atoms with Gasteiger partial charge in [0.2, 0.25) is 0 Å². The minimum atomic E-state index is 0.0245. The molecule has 2 heterocycles. The molecular formula is C26H33N3O2S. The maximum absolute atomic E-state index is 6.20. The molecule has 0 radical (unpaired) electrons. The predicted octanol–water partition coefficient (Wildman–Crippen LogP) is 5.53. The third kappa shape index (κ3) is 5.31. The Kier molecular flexibility index (Phi) is 7.45. The lowest BCUT2D eigenvalue weighted by Crippen LogP contribution is -2.41. The summed E-state index contributed by atoms with van der Waals surface area (Å²) in [5, 5.41) is 5.39. The van der Waals surface area contributed by atoms with E-state index in [1.54, 1.807) is 0 Å². The Bertz CT molecular complexity index is 1000. The van der Waals surface area contributed by atoms with Crippen molar-refractivity contribution >= 4 is 34.0 Å². The third-order valence-electron chi connectivity index (χ3n) is 6.27. The van der Waals surface area contributed by atoms with Gasteiger partial charge < -0.3 is 19.4 Å². The van der Waals surface area contributed by atoms with Crippen molar-refractivity contribution in [2.75, 3.05) is 44.7 Å². The number of hydrogen-bond donors (Lipinski definition) is 1. The SMILES string of the molecule is Cc1cccc(C)c1NC(=S)N(CCCN1CCOCC1)[C@H](C)c1cc2ccccc2o1. The summed E-state index contributed by atoms with van der Waals surface area (Å²) in [7, 11) is 0. The van der Waals surface area contributed by atoms with Gasteiger partial charge in [-0.15, -0.1) is 0 Å². The van der Waals surface area contributed by atoms with E-state index in [0.717, 1.165) is 73.3 Å². The highest BCUT2D eigenvalue weighted by molar-refractivity contribution is 7.80. The first kappa shape index (κ1) is 22.8. The summed E-state index contributed by atoms with van der Waals surface area (Å²) in [5.41, 5.74) is 4.39. The van der Waals surface area contributed by atoms with Crippen LogP contribution in [-0.4, -0.2) is 54.3 Å². The number of morpholine rings is 1. The third-order valence-corrected chi connectivity index (χ3v) is 6.61. The molecule has 3 aromatic rings. The minimum absolute atomic E-state index is 0.0245. The van der Waals surface area contributed by atoms with Crippen molar-refractivity contribution < 1.29 is 9.15 Å². The standard InChI is InChI=1S/C26H33N3O2S/c1-19-8-6-9-20(2)25(19)27-26(32)29(13-7-12-28-14-16-30-17-15-28)21(3)24-18-22-10-4-5-11-23(22)31-24/h4-6,8-11,18,21H,7,12-17H2,1-3H3,(H,27,32)/t21-/m1/s1. The fourth-order valence-electron chi connectivity index (χ4n) is 4.31. The molecule has 0 bridgehead atoms. The number of hydrogen-bond acceptors (Lipinski definition) is 4. The van der Waals surface area contributed by atoms with Crippen LogP contribution in [0.1, 0.15) is 36.3 Å². The van der Waals surface area contributed by atoms with Crippen LogP contribution >= 0.6 is 12.2 Å². The van der Waals surface area contributed by atoms with Gasteiger partial charge in [0.05, 0.1) is 19.3 Å².